The Morgan fingerprint density at radius 2 is 1.94 bits per heavy atom. The maximum atomic E-state index is 13.0. The van der Waals surface area contributed by atoms with Gasteiger partial charge in [-0.25, -0.2) is 4.79 Å². The molecule has 0 unspecified atom stereocenters. The van der Waals surface area contributed by atoms with Crippen molar-refractivity contribution >= 4 is 11.9 Å². The molecule has 4 fully saturated rings. The minimum Gasteiger partial charge on any atom is -0.458 e. The van der Waals surface area contributed by atoms with Gasteiger partial charge in [-0.3, -0.25) is 4.79 Å². The van der Waals surface area contributed by atoms with Crippen molar-refractivity contribution in [1.82, 2.24) is 0 Å². The first kappa shape index (κ1) is 23.9. The molecular weight excluding hydrogens is 444 g/mol. The Kier molecular flexibility index (Phi) is 5.19. The first-order valence-corrected chi connectivity index (χ1v) is 12.0. The molecule has 0 aromatic carbocycles. The summed E-state index contributed by atoms with van der Waals surface area (Å²) in [6.45, 7) is 8.57. The molecule has 5 rings (SSSR count). The van der Waals surface area contributed by atoms with Gasteiger partial charge in [0, 0.05) is 34.7 Å². The monoisotopic (exact) mass is 478 g/mol. The Labute approximate surface area is 198 Å². The highest BCUT2D eigenvalue weighted by molar-refractivity contribution is 5.88. The molecule has 2 bridgehead atoms. The zero-order chi connectivity index (χ0) is 25.0. The van der Waals surface area contributed by atoms with Crippen LogP contribution in [0, 0.1) is 34.5 Å². The smallest absolute Gasteiger partial charge is 0.333 e. The maximum absolute atomic E-state index is 13.0. The van der Waals surface area contributed by atoms with Crippen LogP contribution in [0.5, 0.6) is 0 Å². The van der Waals surface area contributed by atoms with Gasteiger partial charge in [-0.1, -0.05) is 31.6 Å². The zero-order valence-electron chi connectivity index (χ0n) is 20.1. The van der Waals surface area contributed by atoms with E-state index in [9.17, 15) is 30.0 Å². The molecule has 2 saturated carbocycles. The molecule has 9 nitrogen and oxygen atoms in total. The highest BCUT2D eigenvalue weighted by Crippen LogP contribution is 2.74. The van der Waals surface area contributed by atoms with Gasteiger partial charge in [0.1, 0.15) is 18.3 Å². The lowest BCUT2D eigenvalue weighted by atomic mass is 9.37. The summed E-state index contributed by atoms with van der Waals surface area (Å²) in [6, 6.07) is 0. The number of aliphatic hydroxyl groups is 4. The number of ether oxygens (including phenoxy) is 3. The molecule has 3 aliphatic carbocycles. The summed E-state index contributed by atoms with van der Waals surface area (Å²) in [5, 5.41) is 45.2. The topological polar surface area (TPSA) is 143 Å². The van der Waals surface area contributed by atoms with Gasteiger partial charge in [0.2, 0.25) is 0 Å². The van der Waals surface area contributed by atoms with Crippen LogP contribution in [0.4, 0.5) is 0 Å². The van der Waals surface area contributed by atoms with E-state index in [1.807, 2.05) is 0 Å². The second-order valence-electron chi connectivity index (χ2n) is 11.1. The highest BCUT2D eigenvalue weighted by atomic mass is 16.7. The number of aliphatic hydroxyl groups excluding tert-OH is 3. The second-order valence-corrected chi connectivity index (χ2v) is 11.1. The molecule has 12 atom stereocenters. The fraction of sp³-hybridized carbons (Fsp3) is 0.760. The van der Waals surface area contributed by atoms with Gasteiger partial charge in [-0.05, 0) is 32.6 Å². The molecule has 5 aliphatic rings. The molecule has 0 radical (unpaired) electrons. The third-order valence-corrected chi connectivity index (χ3v) is 9.73. The zero-order valence-corrected chi connectivity index (χ0v) is 20.1. The van der Waals surface area contributed by atoms with E-state index in [2.05, 4.69) is 0 Å². The van der Waals surface area contributed by atoms with Crippen molar-refractivity contribution in [2.75, 3.05) is 6.61 Å². The van der Waals surface area contributed by atoms with Crippen molar-refractivity contribution in [2.24, 2.45) is 34.5 Å². The van der Waals surface area contributed by atoms with Crippen molar-refractivity contribution in [3.8, 4) is 0 Å². The average molecular weight is 479 g/mol. The van der Waals surface area contributed by atoms with Crippen LogP contribution >= 0.6 is 0 Å². The number of fused-ring (bicyclic) bond motifs is 1. The molecule has 4 N–H and O–H groups in total. The predicted octanol–water partition coefficient (Wildman–Crippen LogP) is 0.446. The summed E-state index contributed by atoms with van der Waals surface area (Å²) in [4.78, 5) is 25.8. The van der Waals surface area contributed by atoms with Crippen molar-refractivity contribution in [2.45, 2.75) is 77.3 Å². The Bertz CT molecular complexity index is 989. The summed E-state index contributed by atoms with van der Waals surface area (Å²) in [5.41, 5.74) is -1.28. The molecule has 0 aromatic rings. The molecule has 1 spiro atoms. The van der Waals surface area contributed by atoms with Crippen LogP contribution in [0.25, 0.3) is 0 Å². The summed E-state index contributed by atoms with van der Waals surface area (Å²) >= 11 is 0. The summed E-state index contributed by atoms with van der Waals surface area (Å²) in [7, 11) is 0. The number of carbonyl (C=O) groups is 2. The van der Waals surface area contributed by atoms with Gasteiger partial charge in [-0.15, -0.1) is 0 Å². The minimum atomic E-state index is -2.03. The van der Waals surface area contributed by atoms with Gasteiger partial charge in [0.15, 0.2) is 5.79 Å². The molecule has 34 heavy (non-hydrogen) atoms. The molecule has 9 heteroatoms. The number of hydrogen-bond acceptors (Lipinski definition) is 9. The Morgan fingerprint density at radius 3 is 2.59 bits per heavy atom. The van der Waals surface area contributed by atoms with Gasteiger partial charge in [-0.2, -0.15) is 0 Å². The molecule has 2 aliphatic heterocycles. The Hall–Kier alpha value is -1.78. The first-order chi connectivity index (χ1) is 15.8. The fourth-order valence-corrected chi connectivity index (χ4v) is 8.27. The van der Waals surface area contributed by atoms with Gasteiger partial charge < -0.3 is 34.6 Å². The molecule has 188 valence electrons. The quantitative estimate of drug-likeness (QED) is 0.253. The first-order valence-electron chi connectivity index (χ1n) is 12.0. The molecular formula is C25H34O9. The van der Waals surface area contributed by atoms with Crippen LogP contribution in [0.2, 0.25) is 0 Å². The minimum absolute atomic E-state index is 0.00738. The Balaban J connectivity index is 1.78. The van der Waals surface area contributed by atoms with Crippen LogP contribution in [0.1, 0.15) is 41.0 Å². The van der Waals surface area contributed by atoms with Crippen LogP contribution in [-0.4, -0.2) is 75.3 Å². The molecule has 0 amide bonds. The van der Waals surface area contributed by atoms with Gasteiger partial charge in [0.25, 0.3) is 0 Å². The SMILES string of the molecule is CC=C(C)C(=O)O[C@@H]1[C@H]2C(C)=C[C@H](O)[C@@H](O)[C@]2(C)[C@H]2[C@@]3(O)OC[C@@]24[C@@H]1OC(=O)C[C@H]4[C@@H](C)[C@H]3O. The number of hydrogen-bond donors (Lipinski definition) is 4. The fourth-order valence-electron chi connectivity index (χ4n) is 8.27. The Morgan fingerprint density at radius 1 is 1.26 bits per heavy atom. The van der Waals surface area contributed by atoms with Crippen molar-refractivity contribution < 1.29 is 44.2 Å². The standard InChI is InChI=1S/C25H34O9/c1-6-10(2)21(30)34-17-16-11(3)7-14(26)19(29)23(16,5)22-24-9-32-25(22,31)18(28)12(4)13(24)8-15(27)33-20(17)24/h6-7,12-14,16-20,22,26,28-29,31H,8-9H2,1-5H3/t12-,13+,14+,16-,17-,18-,19-,20-,22-,23-,24-,25+/m1/s1. The van der Waals surface area contributed by atoms with Crippen molar-refractivity contribution in [3.05, 3.63) is 23.3 Å². The third-order valence-electron chi connectivity index (χ3n) is 9.73. The van der Waals surface area contributed by atoms with Crippen LogP contribution in [0.3, 0.4) is 0 Å². The summed E-state index contributed by atoms with van der Waals surface area (Å²) in [5.74, 6) is -5.64. The lowest BCUT2D eigenvalue weighted by Crippen LogP contribution is -2.79. The van der Waals surface area contributed by atoms with Crippen molar-refractivity contribution in [3.63, 3.8) is 0 Å². The van der Waals surface area contributed by atoms with Crippen LogP contribution < -0.4 is 0 Å². The van der Waals surface area contributed by atoms with E-state index in [1.54, 1.807) is 40.7 Å². The lowest BCUT2D eigenvalue weighted by molar-refractivity contribution is -0.350. The van der Waals surface area contributed by atoms with Crippen LogP contribution in [-0.2, 0) is 23.8 Å². The summed E-state index contributed by atoms with van der Waals surface area (Å²) in [6.07, 6.45) is -2.69. The average Bonchev–Trinajstić information content (AvgIpc) is 3.08. The number of esters is 2. The number of carbonyl (C=O) groups excluding carboxylic acids is 2. The van der Waals surface area contributed by atoms with Gasteiger partial charge in [0.05, 0.1) is 18.8 Å². The van der Waals surface area contributed by atoms with Gasteiger partial charge >= 0.3 is 11.9 Å². The third kappa shape index (κ3) is 2.62. The van der Waals surface area contributed by atoms with E-state index in [0.717, 1.165) is 0 Å². The van der Waals surface area contributed by atoms with Crippen LogP contribution in [0.15, 0.2) is 23.3 Å². The van der Waals surface area contributed by atoms with E-state index >= 15 is 0 Å². The van der Waals surface area contributed by atoms with E-state index in [1.165, 1.54) is 6.08 Å². The number of rotatable bonds is 2. The van der Waals surface area contributed by atoms with E-state index in [-0.39, 0.29) is 13.0 Å². The molecule has 2 saturated heterocycles. The molecule has 2 heterocycles. The van der Waals surface area contributed by atoms with E-state index < -0.39 is 82.7 Å². The highest BCUT2D eigenvalue weighted by Gasteiger charge is 2.84. The van der Waals surface area contributed by atoms with E-state index in [4.69, 9.17) is 14.2 Å². The van der Waals surface area contributed by atoms with Crippen molar-refractivity contribution in [1.29, 1.82) is 0 Å². The van der Waals surface area contributed by atoms with E-state index in [0.29, 0.717) is 11.1 Å². The number of allylic oxidation sites excluding steroid dienone is 1. The normalized spacial score (nSPS) is 53.9. The summed E-state index contributed by atoms with van der Waals surface area (Å²) < 4.78 is 17.9. The largest absolute Gasteiger partial charge is 0.458 e. The molecule has 0 aromatic heterocycles. The lowest BCUT2D eigenvalue weighted by Gasteiger charge is -2.69. The second kappa shape index (κ2) is 7.36. The maximum Gasteiger partial charge on any atom is 0.333 e. The predicted molar refractivity (Wildman–Crippen MR) is 117 cm³/mol.